The van der Waals surface area contributed by atoms with Crippen LogP contribution in [0.1, 0.15) is 26.3 Å². The Balaban J connectivity index is 1.60. The summed E-state index contributed by atoms with van der Waals surface area (Å²) in [6.07, 6.45) is 7.09. The lowest BCUT2D eigenvalue weighted by Gasteiger charge is -2.22. The summed E-state index contributed by atoms with van der Waals surface area (Å²) in [5.41, 5.74) is 5.55. The molecule has 0 saturated carbocycles. The molecule has 0 aliphatic rings. The number of furan rings is 2. The summed E-state index contributed by atoms with van der Waals surface area (Å²) in [6, 6.07) is 18.9. The molecule has 4 aromatic heterocycles. The minimum absolute atomic E-state index is 0.00155. The van der Waals surface area contributed by atoms with Gasteiger partial charge in [-0.2, -0.15) is 0 Å². The topological polar surface area (TPSA) is 52.1 Å². The second kappa shape index (κ2) is 6.79. The highest BCUT2D eigenvalue weighted by Gasteiger charge is 2.21. The van der Waals surface area contributed by atoms with Gasteiger partial charge in [0.05, 0.1) is 11.8 Å². The minimum Gasteiger partial charge on any atom is -0.463 e. The van der Waals surface area contributed by atoms with Gasteiger partial charge in [-0.3, -0.25) is 9.97 Å². The van der Waals surface area contributed by atoms with E-state index in [1.54, 1.807) is 18.7 Å². The maximum absolute atomic E-state index is 6.39. The first-order chi connectivity index (χ1) is 15.5. The molecule has 32 heavy (non-hydrogen) atoms. The molecule has 0 bridgehead atoms. The minimum atomic E-state index is -0.00155. The van der Waals surface area contributed by atoms with E-state index in [1.807, 2.05) is 24.4 Å². The molecule has 0 fully saturated rings. The van der Waals surface area contributed by atoms with Gasteiger partial charge in [0.2, 0.25) is 0 Å². The van der Waals surface area contributed by atoms with Crippen molar-refractivity contribution in [1.29, 1.82) is 0 Å². The summed E-state index contributed by atoms with van der Waals surface area (Å²) in [7, 11) is 0. The second-order valence-electron chi connectivity index (χ2n) is 9.21. The van der Waals surface area contributed by atoms with Crippen LogP contribution in [0, 0.1) is 0 Å². The quantitative estimate of drug-likeness (QED) is 0.288. The average Bonchev–Trinajstić information content (AvgIpc) is 3.44. The zero-order chi connectivity index (χ0) is 21.9. The van der Waals surface area contributed by atoms with E-state index in [-0.39, 0.29) is 5.41 Å². The first-order valence-electron chi connectivity index (χ1n) is 10.7. The molecule has 0 N–H and O–H groups in total. The van der Waals surface area contributed by atoms with Gasteiger partial charge in [0.15, 0.2) is 5.58 Å². The molecule has 0 aliphatic carbocycles. The van der Waals surface area contributed by atoms with Crippen molar-refractivity contribution in [2.45, 2.75) is 26.2 Å². The molecule has 0 aliphatic heterocycles. The van der Waals surface area contributed by atoms with Crippen LogP contribution in [0.5, 0.6) is 0 Å². The third kappa shape index (κ3) is 2.91. The molecular weight excluding hydrogens is 396 g/mol. The Morgan fingerprint density at radius 3 is 2.56 bits per heavy atom. The Morgan fingerprint density at radius 2 is 1.69 bits per heavy atom. The third-order valence-electron chi connectivity index (χ3n) is 6.00. The Hall–Kier alpha value is -3.92. The lowest BCUT2D eigenvalue weighted by Crippen LogP contribution is -2.12. The Bertz CT molecular complexity index is 1620. The first-order valence-corrected chi connectivity index (χ1v) is 10.7. The van der Waals surface area contributed by atoms with Gasteiger partial charge < -0.3 is 8.83 Å². The predicted molar refractivity (Wildman–Crippen MR) is 129 cm³/mol. The fraction of sp³-hybridized carbons (Fsp3) is 0.143. The monoisotopic (exact) mass is 418 g/mol. The number of aromatic nitrogens is 2. The van der Waals surface area contributed by atoms with Crippen molar-refractivity contribution >= 4 is 32.7 Å². The molecule has 6 aromatic rings. The van der Waals surface area contributed by atoms with Gasteiger partial charge in [-0.1, -0.05) is 45.0 Å². The van der Waals surface area contributed by atoms with Gasteiger partial charge in [-0.05, 0) is 52.1 Å². The SMILES string of the molecule is CC(C)(C)c1cc(-c2nccc3cc(-c4cncc5ccoc45)oc23)cc2ccccc12. The molecule has 2 aromatic carbocycles. The summed E-state index contributed by atoms with van der Waals surface area (Å²) >= 11 is 0. The highest BCUT2D eigenvalue weighted by molar-refractivity contribution is 5.99. The van der Waals surface area contributed by atoms with Crippen molar-refractivity contribution in [3.63, 3.8) is 0 Å². The molecule has 4 nitrogen and oxygen atoms in total. The number of fused-ring (bicyclic) bond motifs is 3. The van der Waals surface area contributed by atoms with Crippen LogP contribution in [-0.2, 0) is 5.41 Å². The molecule has 6 rings (SSSR count). The van der Waals surface area contributed by atoms with Gasteiger partial charge in [0, 0.05) is 34.9 Å². The van der Waals surface area contributed by atoms with Crippen LogP contribution < -0.4 is 0 Å². The van der Waals surface area contributed by atoms with Crippen LogP contribution in [0.2, 0.25) is 0 Å². The molecular formula is C28H22N2O2. The number of rotatable bonds is 2. The van der Waals surface area contributed by atoms with Crippen molar-refractivity contribution in [2.24, 2.45) is 0 Å². The number of nitrogens with zero attached hydrogens (tertiary/aromatic N) is 2. The van der Waals surface area contributed by atoms with Crippen LogP contribution >= 0.6 is 0 Å². The van der Waals surface area contributed by atoms with Crippen molar-refractivity contribution < 1.29 is 8.83 Å². The second-order valence-corrected chi connectivity index (χ2v) is 9.21. The molecule has 0 amide bonds. The van der Waals surface area contributed by atoms with Gasteiger partial charge >= 0.3 is 0 Å². The average molecular weight is 418 g/mol. The number of hydrogen-bond acceptors (Lipinski definition) is 4. The van der Waals surface area contributed by atoms with Crippen LogP contribution in [0.4, 0.5) is 0 Å². The van der Waals surface area contributed by atoms with Gasteiger partial charge in [0.1, 0.15) is 17.0 Å². The van der Waals surface area contributed by atoms with E-state index in [1.165, 1.54) is 16.3 Å². The lowest BCUT2D eigenvalue weighted by atomic mass is 9.82. The molecule has 0 spiro atoms. The largest absolute Gasteiger partial charge is 0.463 e. The van der Waals surface area contributed by atoms with E-state index in [0.29, 0.717) is 0 Å². The number of benzene rings is 2. The lowest BCUT2D eigenvalue weighted by molar-refractivity contribution is 0.596. The highest BCUT2D eigenvalue weighted by Crippen LogP contribution is 2.39. The summed E-state index contributed by atoms with van der Waals surface area (Å²) in [4.78, 5) is 9.08. The van der Waals surface area contributed by atoms with E-state index in [9.17, 15) is 0 Å². The van der Waals surface area contributed by atoms with E-state index in [2.05, 4.69) is 62.2 Å². The fourth-order valence-corrected chi connectivity index (χ4v) is 4.44. The summed E-state index contributed by atoms with van der Waals surface area (Å²) in [5.74, 6) is 0.721. The molecule has 0 radical (unpaired) electrons. The van der Waals surface area contributed by atoms with Crippen LogP contribution in [0.25, 0.3) is 55.3 Å². The first kappa shape index (κ1) is 18.8. The fourth-order valence-electron chi connectivity index (χ4n) is 4.44. The van der Waals surface area contributed by atoms with Gasteiger partial charge in [-0.25, -0.2) is 0 Å². The Labute approximate surface area is 185 Å². The predicted octanol–water partition coefficient (Wildman–Crippen LogP) is 7.75. The summed E-state index contributed by atoms with van der Waals surface area (Å²) in [6.45, 7) is 6.73. The van der Waals surface area contributed by atoms with Crippen LogP contribution in [0.15, 0.2) is 88.3 Å². The van der Waals surface area contributed by atoms with Crippen molar-refractivity contribution in [2.75, 3.05) is 0 Å². The summed E-state index contributed by atoms with van der Waals surface area (Å²) in [5, 5.41) is 4.42. The maximum atomic E-state index is 6.39. The Morgan fingerprint density at radius 1 is 0.812 bits per heavy atom. The maximum Gasteiger partial charge on any atom is 0.161 e. The normalized spacial score (nSPS) is 12.2. The third-order valence-corrected chi connectivity index (χ3v) is 6.00. The Kier molecular flexibility index (Phi) is 3.99. The standard InChI is InChI=1S/C28H22N2O2/c1-28(2,3)23-13-20(12-17-6-4-5-7-21(17)23)25-27-18(8-10-30-25)14-24(32-27)22-16-29-15-19-9-11-31-26(19)22/h4-16H,1-3H3. The number of pyridine rings is 2. The summed E-state index contributed by atoms with van der Waals surface area (Å²) < 4.78 is 12.1. The van der Waals surface area contributed by atoms with E-state index < -0.39 is 0 Å². The van der Waals surface area contributed by atoms with Crippen molar-refractivity contribution in [1.82, 2.24) is 9.97 Å². The van der Waals surface area contributed by atoms with Crippen LogP contribution in [-0.4, -0.2) is 9.97 Å². The van der Waals surface area contributed by atoms with E-state index >= 15 is 0 Å². The molecule has 4 heteroatoms. The smallest absolute Gasteiger partial charge is 0.161 e. The molecule has 0 saturated heterocycles. The molecule has 4 heterocycles. The van der Waals surface area contributed by atoms with E-state index in [4.69, 9.17) is 13.8 Å². The highest BCUT2D eigenvalue weighted by atomic mass is 16.3. The van der Waals surface area contributed by atoms with Gasteiger partial charge in [0.25, 0.3) is 0 Å². The van der Waals surface area contributed by atoms with Crippen molar-refractivity contribution in [3.8, 4) is 22.6 Å². The molecule has 156 valence electrons. The number of hydrogen-bond donors (Lipinski definition) is 0. The van der Waals surface area contributed by atoms with Gasteiger partial charge in [-0.15, -0.1) is 0 Å². The van der Waals surface area contributed by atoms with E-state index in [0.717, 1.165) is 44.5 Å². The van der Waals surface area contributed by atoms with Crippen LogP contribution in [0.3, 0.4) is 0 Å². The molecule has 0 atom stereocenters. The van der Waals surface area contributed by atoms with Crippen molar-refractivity contribution in [3.05, 3.63) is 85.0 Å². The zero-order valence-electron chi connectivity index (χ0n) is 18.2. The zero-order valence-corrected chi connectivity index (χ0v) is 18.2. The molecule has 0 unspecified atom stereocenters.